The summed E-state index contributed by atoms with van der Waals surface area (Å²) in [6.07, 6.45) is 0. The van der Waals surface area contributed by atoms with Gasteiger partial charge in [0.2, 0.25) is 5.75 Å². The molecule has 7 heteroatoms. The van der Waals surface area contributed by atoms with Gasteiger partial charge < -0.3 is 23.8 Å². The van der Waals surface area contributed by atoms with Crippen LogP contribution in [0.5, 0.6) is 23.0 Å². The van der Waals surface area contributed by atoms with Crippen LogP contribution in [0.3, 0.4) is 0 Å². The van der Waals surface area contributed by atoms with Crippen molar-refractivity contribution in [1.82, 2.24) is 9.80 Å². The number of benzene rings is 2. The number of hydrogen-bond donors (Lipinski definition) is 0. The Morgan fingerprint density at radius 2 is 1.45 bits per heavy atom. The average Bonchev–Trinajstić information content (AvgIpc) is 2.78. The Kier molecular flexibility index (Phi) is 6.82. The third-order valence-electron chi connectivity index (χ3n) is 5.18. The van der Waals surface area contributed by atoms with Crippen molar-refractivity contribution in [1.29, 1.82) is 0 Å². The fourth-order valence-corrected chi connectivity index (χ4v) is 3.63. The summed E-state index contributed by atoms with van der Waals surface area (Å²) in [4.78, 5) is 17.1. The second kappa shape index (κ2) is 9.52. The van der Waals surface area contributed by atoms with E-state index in [9.17, 15) is 4.79 Å². The smallest absolute Gasteiger partial charge is 0.257 e. The van der Waals surface area contributed by atoms with Gasteiger partial charge in [-0.1, -0.05) is 18.2 Å². The molecule has 1 heterocycles. The van der Waals surface area contributed by atoms with Gasteiger partial charge in [-0.3, -0.25) is 9.69 Å². The number of para-hydroxylation sites is 1. The van der Waals surface area contributed by atoms with E-state index in [0.29, 0.717) is 48.2 Å². The molecule has 29 heavy (non-hydrogen) atoms. The molecule has 0 unspecified atom stereocenters. The Morgan fingerprint density at radius 1 is 0.793 bits per heavy atom. The van der Waals surface area contributed by atoms with Crippen LogP contribution in [-0.4, -0.2) is 70.3 Å². The van der Waals surface area contributed by atoms with Crippen LogP contribution in [0, 0.1) is 0 Å². The summed E-state index contributed by atoms with van der Waals surface area (Å²) in [5.41, 5.74) is 1.62. The average molecular weight is 400 g/mol. The second-order valence-electron chi connectivity index (χ2n) is 6.76. The molecule has 0 atom stereocenters. The molecule has 1 saturated heterocycles. The van der Waals surface area contributed by atoms with Crippen molar-refractivity contribution in [2.75, 3.05) is 54.6 Å². The number of nitrogens with zero attached hydrogens (tertiary/aromatic N) is 2. The molecule has 0 radical (unpaired) electrons. The minimum Gasteiger partial charge on any atom is -0.496 e. The van der Waals surface area contributed by atoms with Gasteiger partial charge >= 0.3 is 0 Å². The molecular weight excluding hydrogens is 372 g/mol. The lowest BCUT2D eigenvalue weighted by molar-refractivity contribution is 0.0624. The van der Waals surface area contributed by atoms with Crippen LogP contribution in [-0.2, 0) is 6.54 Å². The van der Waals surface area contributed by atoms with Gasteiger partial charge in [0.05, 0.1) is 34.0 Å². The van der Waals surface area contributed by atoms with Crippen LogP contribution in [0.1, 0.15) is 15.9 Å². The molecule has 1 aliphatic rings. The summed E-state index contributed by atoms with van der Waals surface area (Å²) in [6, 6.07) is 11.2. The van der Waals surface area contributed by atoms with E-state index >= 15 is 0 Å². The van der Waals surface area contributed by atoms with Gasteiger partial charge in [0, 0.05) is 38.3 Å². The fraction of sp³-hybridized carbons (Fsp3) is 0.409. The van der Waals surface area contributed by atoms with Crippen LogP contribution in [0.4, 0.5) is 0 Å². The Bertz CT molecular complexity index is 847. The lowest BCUT2D eigenvalue weighted by Crippen LogP contribution is -2.48. The monoisotopic (exact) mass is 400 g/mol. The minimum absolute atomic E-state index is 0.00537. The topological polar surface area (TPSA) is 60.5 Å². The number of carbonyl (C=O) groups excluding carboxylic acids is 1. The van der Waals surface area contributed by atoms with Crippen molar-refractivity contribution >= 4 is 5.91 Å². The van der Waals surface area contributed by atoms with Gasteiger partial charge in [0.15, 0.2) is 11.5 Å². The molecule has 7 nitrogen and oxygen atoms in total. The highest BCUT2D eigenvalue weighted by Gasteiger charge is 2.25. The van der Waals surface area contributed by atoms with Crippen LogP contribution in [0.15, 0.2) is 36.4 Å². The number of rotatable bonds is 7. The molecule has 156 valence electrons. The quantitative estimate of drug-likeness (QED) is 0.712. The van der Waals surface area contributed by atoms with E-state index in [4.69, 9.17) is 18.9 Å². The first-order valence-corrected chi connectivity index (χ1v) is 9.55. The number of hydrogen-bond acceptors (Lipinski definition) is 6. The Hall–Kier alpha value is -2.93. The number of methoxy groups -OCH3 is 4. The summed E-state index contributed by atoms with van der Waals surface area (Å²) in [6.45, 7) is 3.58. The molecule has 0 spiro atoms. The third-order valence-corrected chi connectivity index (χ3v) is 5.18. The molecule has 0 saturated carbocycles. The molecule has 1 aliphatic heterocycles. The highest BCUT2D eigenvalue weighted by molar-refractivity contribution is 5.97. The van der Waals surface area contributed by atoms with E-state index in [0.717, 1.165) is 18.7 Å². The van der Waals surface area contributed by atoms with Gasteiger partial charge in [0.1, 0.15) is 5.75 Å². The predicted octanol–water partition coefficient (Wildman–Crippen LogP) is 2.68. The van der Waals surface area contributed by atoms with Gasteiger partial charge in [-0.15, -0.1) is 0 Å². The number of carbonyl (C=O) groups is 1. The second-order valence-corrected chi connectivity index (χ2v) is 6.76. The number of piperazine rings is 1. The van der Waals surface area contributed by atoms with Crippen LogP contribution in [0.25, 0.3) is 0 Å². The number of ether oxygens (including phenoxy) is 4. The van der Waals surface area contributed by atoms with E-state index < -0.39 is 0 Å². The van der Waals surface area contributed by atoms with Crippen molar-refractivity contribution in [2.24, 2.45) is 0 Å². The Balaban J connectivity index is 1.67. The first kappa shape index (κ1) is 20.8. The summed E-state index contributed by atoms with van der Waals surface area (Å²) in [5.74, 6) is 2.53. The highest BCUT2D eigenvalue weighted by Crippen LogP contribution is 2.40. The van der Waals surface area contributed by atoms with Gasteiger partial charge in [-0.25, -0.2) is 0 Å². The van der Waals surface area contributed by atoms with Crippen molar-refractivity contribution in [2.45, 2.75) is 6.54 Å². The standard InChI is InChI=1S/C22H28N2O5/c1-26-18-8-6-5-7-17(18)22(25)24-13-11-23(12-14-24)15-16-9-10-19(27-2)21(29-4)20(16)28-3/h5-10H,11-15H2,1-4H3. The molecule has 1 amide bonds. The summed E-state index contributed by atoms with van der Waals surface area (Å²) < 4.78 is 21.7. The molecule has 0 aromatic heterocycles. The summed E-state index contributed by atoms with van der Waals surface area (Å²) in [5, 5.41) is 0. The van der Waals surface area contributed by atoms with E-state index in [1.165, 1.54) is 0 Å². The first-order chi connectivity index (χ1) is 14.1. The SMILES string of the molecule is COc1ccccc1C(=O)N1CCN(Cc2ccc(OC)c(OC)c2OC)CC1. The molecule has 2 aromatic rings. The zero-order valence-corrected chi connectivity index (χ0v) is 17.4. The Morgan fingerprint density at radius 3 is 2.07 bits per heavy atom. The van der Waals surface area contributed by atoms with Gasteiger partial charge in [-0.05, 0) is 18.2 Å². The molecular formula is C22H28N2O5. The molecule has 0 bridgehead atoms. The summed E-state index contributed by atoms with van der Waals surface area (Å²) >= 11 is 0. The Labute approximate surface area is 171 Å². The first-order valence-electron chi connectivity index (χ1n) is 9.55. The third kappa shape index (κ3) is 4.40. The van der Waals surface area contributed by atoms with E-state index in [1.54, 1.807) is 28.4 Å². The van der Waals surface area contributed by atoms with Crippen molar-refractivity contribution in [3.05, 3.63) is 47.5 Å². The largest absolute Gasteiger partial charge is 0.496 e. The van der Waals surface area contributed by atoms with Crippen molar-refractivity contribution < 1.29 is 23.7 Å². The van der Waals surface area contributed by atoms with Gasteiger partial charge in [-0.2, -0.15) is 0 Å². The molecule has 1 fully saturated rings. The molecule has 0 aliphatic carbocycles. The lowest BCUT2D eigenvalue weighted by Gasteiger charge is -2.35. The van der Waals surface area contributed by atoms with Crippen molar-refractivity contribution in [3.8, 4) is 23.0 Å². The maximum atomic E-state index is 12.9. The predicted molar refractivity (Wildman–Crippen MR) is 110 cm³/mol. The molecule has 0 N–H and O–H groups in total. The zero-order chi connectivity index (χ0) is 20.8. The van der Waals surface area contributed by atoms with Gasteiger partial charge in [0.25, 0.3) is 5.91 Å². The van der Waals surface area contributed by atoms with Crippen LogP contribution >= 0.6 is 0 Å². The van der Waals surface area contributed by atoms with E-state index in [1.807, 2.05) is 41.3 Å². The maximum absolute atomic E-state index is 12.9. The van der Waals surface area contributed by atoms with E-state index in [2.05, 4.69) is 4.90 Å². The van der Waals surface area contributed by atoms with Crippen molar-refractivity contribution in [3.63, 3.8) is 0 Å². The normalized spacial score (nSPS) is 14.4. The fourth-order valence-electron chi connectivity index (χ4n) is 3.63. The zero-order valence-electron chi connectivity index (χ0n) is 17.4. The molecule has 3 rings (SSSR count). The minimum atomic E-state index is 0.00537. The number of amides is 1. The summed E-state index contributed by atoms with van der Waals surface area (Å²) in [7, 11) is 6.42. The highest BCUT2D eigenvalue weighted by atomic mass is 16.5. The van der Waals surface area contributed by atoms with Crippen LogP contribution in [0.2, 0.25) is 0 Å². The lowest BCUT2D eigenvalue weighted by atomic mass is 10.1. The molecule has 2 aromatic carbocycles. The van der Waals surface area contributed by atoms with E-state index in [-0.39, 0.29) is 5.91 Å². The van der Waals surface area contributed by atoms with Crippen LogP contribution < -0.4 is 18.9 Å². The maximum Gasteiger partial charge on any atom is 0.257 e.